The summed E-state index contributed by atoms with van der Waals surface area (Å²) in [4.78, 5) is 17.1. The highest BCUT2D eigenvalue weighted by Crippen LogP contribution is 2.34. The van der Waals surface area contributed by atoms with Crippen molar-refractivity contribution in [2.24, 2.45) is 11.8 Å². The zero-order valence-corrected chi connectivity index (χ0v) is 11.6. The topological polar surface area (TPSA) is 45.2 Å². The van der Waals surface area contributed by atoms with Gasteiger partial charge in [-0.25, -0.2) is 19.3 Å². The lowest BCUT2D eigenvalue weighted by Crippen LogP contribution is -2.30. The molecule has 0 saturated carbocycles. The van der Waals surface area contributed by atoms with E-state index in [1.807, 2.05) is 6.07 Å². The minimum absolute atomic E-state index is 0.235. The van der Waals surface area contributed by atoms with Crippen LogP contribution in [0.3, 0.4) is 0 Å². The molecule has 2 aromatic rings. The van der Waals surface area contributed by atoms with E-state index in [2.05, 4.69) is 24.8 Å². The van der Waals surface area contributed by atoms with Gasteiger partial charge in [-0.2, -0.15) is 0 Å². The molecule has 6 heteroatoms. The van der Waals surface area contributed by atoms with Gasteiger partial charge < -0.3 is 9.80 Å². The number of nitrogens with zero attached hydrogens (tertiary/aromatic N) is 5. The summed E-state index contributed by atoms with van der Waals surface area (Å²) < 4.78 is 13.8. The molecule has 2 fully saturated rings. The Morgan fingerprint density at radius 3 is 2.14 bits per heavy atom. The van der Waals surface area contributed by atoms with Crippen molar-refractivity contribution in [1.29, 1.82) is 0 Å². The molecule has 2 atom stereocenters. The van der Waals surface area contributed by atoms with Gasteiger partial charge in [0.25, 0.3) is 0 Å². The molecule has 2 aromatic heterocycles. The first kappa shape index (κ1) is 12.5. The first-order valence-electron chi connectivity index (χ1n) is 7.18. The van der Waals surface area contributed by atoms with Gasteiger partial charge in [0.15, 0.2) is 11.6 Å². The molecular formula is C15H16FN5. The molecule has 4 heterocycles. The van der Waals surface area contributed by atoms with Crippen molar-refractivity contribution in [3.63, 3.8) is 0 Å². The first-order valence-corrected chi connectivity index (χ1v) is 7.18. The molecule has 0 N–H and O–H groups in total. The monoisotopic (exact) mass is 285 g/mol. The molecular weight excluding hydrogens is 269 g/mol. The van der Waals surface area contributed by atoms with E-state index in [0.29, 0.717) is 17.7 Å². The minimum Gasteiger partial charge on any atom is -0.353 e. The largest absolute Gasteiger partial charge is 0.353 e. The van der Waals surface area contributed by atoms with Crippen LogP contribution in [0.5, 0.6) is 0 Å². The van der Waals surface area contributed by atoms with Crippen molar-refractivity contribution in [3.05, 3.63) is 42.6 Å². The Hall–Kier alpha value is -2.24. The standard InChI is InChI=1S/C15H16FN5/c16-13-3-1-4-17-14(13)20-7-11-9-21(10-12(11)8-20)15-18-5-2-6-19-15/h1-6,11-12H,7-10H2. The Kier molecular flexibility index (Phi) is 2.94. The Bertz CT molecular complexity index is 621. The third-order valence-electron chi connectivity index (χ3n) is 4.36. The Morgan fingerprint density at radius 2 is 1.48 bits per heavy atom. The number of halogens is 1. The minimum atomic E-state index is -0.235. The predicted molar refractivity (Wildman–Crippen MR) is 77.6 cm³/mol. The molecule has 2 aliphatic rings. The second kappa shape index (κ2) is 4.95. The van der Waals surface area contributed by atoms with Crippen LogP contribution < -0.4 is 9.80 Å². The van der Waals surface area contributed by atoms with E-state index < -0.39 is 0 Å². The maximum Gasteiger partial charge on any atom is 0.225 e. The number of hydrogen-bond donors (Lipinski definition) is 0. The summed E-state index contributed by atoms with van der Waals surface area (Å²) in [6.07, 6.45) is 5.19. The number of hydrogen-bond acceptors (Lipinski definition) is 5. The van der Waals surface area contributed by atoms with Gasteiger partial charge in [-0.05, 0) is 18.2 Å². The van der Waals surface area contributed by atoms with Gasteiger partial charge in [-0.1, -0.05) is 0 Å². The molecule has 5 nitrogen and oxygen atoms in total. The third-order valence-corrected chi connectivity index (χ3v) is 4.36. The fraction of sp³-hybridized carbons (Fsp3) is 0.400. The normalized spacial score (nSPS) is 24.4. The van der Waals surface area contributed by atoms with Crippen LogP contribution in [0.2, 0.25) is 0 Å². The summed E-state index contributed by atoms with van der Waals surface area (Å²) >= 11 is 0. The zero-order valence-electron chi connectivity index (χ0n) is 11.6. The van der Waals surface area contributed by atoms with E-state index in [-0.39, 0.29) is 5.82 Å². The summed E-state index contributed by atoms with van der Waals surface area (Å²) in [7, 11) is 0. The van der Waals surface area contributed by atoms with Gasteiger partial charge in [0.1, 0.15) is 0 Å². The molecule has 2 saturated heterocycles. The van der Waals surface area contributed by atoms with Crippen LogP contribution in [-0.2, 0) is 0 Å². The van der Waals surface area contributed by atoms with Crippen LogP contribution in [0, 0.1) is 17.7 Å². The van der Waals surface area contributed by atoms with Gasteiger partial charge >= 0.3 is 0 Å². The van der Waals surface area contributed by atoms with Gasteiger partial charge in [0.05, 0.1) is 0 Å². The molecule has 0 aromatic carbocycles. The average molecular weight is 285 g/mol. The highest BCUT2D eigenvalue weighted by Gasteiger charge is 2.41. The molecule has 0 aliphatic carbocycles. The predicted octanol–water partition coefficient (Wildman–Crippen LogP) is 1.58. The maximum absolute atomic E-state index is 13.8. The van der Waals surface area contributed by atoms with Crippen molar-refractivity contribution in [1.82, 2.24) is 15.0 Å². The van der Waals surface area contributed by atoms with Gasteiger partial charge in [-0.3, -0.25) is 0 Å². The number of fused-ring (bicyclic) bond motifs is 1. The summed E-state index contributed by atoms with van der Waals surface area (Å²) in [5.41, 5.74) is 0. The summed E-state index contributed by atoms with van der Waals surface area (Å²) in [6, 6.07) is 4.93. The third kappa shape index (κ3) is 2.20. The molecule has 0 bridgehead atoms. The van der Waals surface area contributed by atoms with Crippen molar-refractivity contribution in [2.45, 2.75) is 0 Å². The summed E-state index contributed by atoms with van der Waals surface area (Å²) in [5.74, 6) is 2.09. The van der Waals surface area contributed by atoms with Gasteiger partial charge in [0.2, 0.25) is 5.95 Å². The lowest BCUT2D eigenvalue weighted by atomic mass is 10.0. The lowest BCUT2D eigenvalue weighted by molar-refractivity contribution is 0.533. The number of aromatic nitrogens is 3. The van der Waals surface area contributed by atoms with Crippen LogP contribution in [0.25, 0.3) is 0 Å². The van der Waals surface area contributed by atoms with E-state index in [1.165, 1.54) is 6.07 Å². The van der Waals surface area contributed by atoms with Gasteiger partial charge in [-0.15, -0.1) is 0 Å². The maximum atomic E-state index is 13.8. The van der Waals surface area contributed by atoms with E-state index in [9.17, 15) is 4.39 Å². The number of rotatable bonds is 2. The molecule has 21 heavy (non-hydrogen) atoms. The van der Waals surface area contributed by atoms with Crippen LogP contribution >= 0.6 is 0 Å². The fourth-order valence-corrected chi connectivity index (χ4v) is 3.39. The van der Waals surface area contributed by atoms with E-state index >= 15 is 0 Å². The SMILES string of the molecule is Fc1cccnc1N1CC2CN(c3ncccn3)CC2C1. The molecule has 2 unspecified atom stereocenters. The van der Waals surface area contributed by atoms with E-state index in [1.54, 1.807) is 24.7 Å². The van der Waals surface area contributed by atoms with Crippen LogP contribution in [-0.4, -0.2) is 41.1 Å². The highest BCUT2D eigenvalue weighted by atomic mass is 19.1. The smallest absolute Gasteiger partial charge is 0.225 e. The van der Waals surface area contributed by atoms with Gasteiger partial charge in [0, 0.05) is 56.6 Å². The number of pyridine rings is 1. The number of anilines is 2. The molecule has 0 radical (unpaired) electrons. The quantitative estimate of drug-likeness (QED) is 0.838. The Balaban J connectivity index is 1.48. The first-order chi connectivity index (χ1) is 10.3. The van der Waals surface area contributed by atoms with E-state index in [4.69, 9.17) is 0 Å². The van der Waals surface area contributed by atoms with E-state index in [0.717, 1.165) is 32.1 Å². The van der Waals surface area contributed by atoms with Crippen molar-refractivity contribution >= 4 is 11.8 Å². The highest BCUT2D eigenvalue weighted by molar-refractivity contribution is 5.43. The van der Waals surface area contributed by atoms with Crippen LogP contribution in [0.4, 0.5) is 16.2 Å². The second-order valence-corrected chi connectivity index (χ2v) is 5.69. The molecule has 0 spiro atoms. The van der Waals surface area contributed by atoms with Crippen LogP contribution in [0.1, 0.15) is 0 Å². The average Bonchev–Trinajstić information content (AvgIpc) is 3.07. The fourth-order valence-electron chi connectivity index (χ4n) is 3.39. The second-order valence-electron chi connectivity index (χ2n) is 5.69. The lowest BCUT2D eigenvalue weighted by Gasteiger charge is -2.22. The Labute approximate surface area is 122 Å². The summed E-state index contributed by atoms with van der Waals surface area (Å²) in [6.45, 7) is 3.56. The molecule has 4 rings (SSSR count). The molecule has 108 valence electrons. The Morgan fingerprint density at radius 1 is 0.857 bits per heavy atom. The van der Waals surface area contributed by atoms with Crippen molar-refractivity contribution in [3.8, 4) is 0 Å². The summed E-state index contributed by atoms with van der Waals surface area (Å²) in [5, 5.41) is 0. The molecule has 0 amide bonds. The van der Waals surface area contributed by atoms with Crippen LogP contribution in [0.15, 0.2) is 36.8 Å². The molecule has 2 aliphatic heterocycles. The van der Waals surface area contributed by atoms with Crippen molar-refractivity contribution < 1.29 is 4.39 Å². The zero-order chi connectivity index (χ0) is 14.2. The van der Waals surface area contributed by atoms with Crippen molar-refractivity contribution in [2.75, 3.05) is 36.0 Å².